The van der Waals surface area contributed by atoms with E-state index in [4.69, 9.17) is 4.74 Å². The summed E-state index contributed by atoms with van der Waals surface area (Å²) >= 11 is 0. The monoisotopic (exact) mass is 362 g/mol. The first-order chi connectivity index (χ1) is 12.2. The standard InChI is InChI=1S/C24H42O2/c1-7-17(4)26-22(25)24(6)14-8-13-23(5)20-11-9-18(16(2)3)15-19(20)10-12-21(23)24/h16-21H,7-15H2,1-6H3/t17?,18?,19?,20-,21?,23-,24+/m1/s1. The fourth-order valence-corrected chi connectivity index (χ4v) is 7.12. The van der Waals surface area contributed by atoms with Crippen molar-refractivity contribution in [2.75, 3.05) is 0 Å². The van der Waals surface area contributed by atoms with Crippen LogP contribution in [0.5, 0.6) is 0 Å². The summed E-state index contributed by atoms with van der Waals surface area (Å²) in [6, 6.07) is 0. The van der Waals surface area contributed by atoms with Gasteiger partial charge in [0.05, 0.1) is 11.5 Å². The molecule has 3 fully saturated rings. The molecule has 3 saturated carbocycles. The van der Waals surface area contributed by atoms with Crippen LogP contribution < -0.4 is 0 Å². The molecule has 3 aliphatic rings. The van der Waals surface area contributed by atoms with Crippen molar-refractivity contribution in [3.8, 4) is 0 Å². The highest BCUT2D eigenvalue weighted by atomic mass is 16.5. The van der Waals surface area contributed by atoms with Gasteiger partial charge in [0.15, 0.2) is 0 Å². The molecule has 4 unspecified atom stereocenters. The van der Waals surface area contributed by atoms with E-state index in [-0.39, 0.29) is 17.5 Å². The normalized spacial score (nSPS) is 44.1. The van der Waals surface area contributed by atoms with Gasteiger partial charge in [-0.25, -0.2) is 0 Å². The van der Waals surface area contributed by atoms with E-state index in [1.165, 1.54) is 44.9 Å². The summed E-state index contributed by atoms with van der Waals surface area (Å²) < 4.78 is 5.88. The number of rotatable bonds is 4. The summed E-state index contributed by atoms with van der Waals surface area (Å²) in [6.45, 7) is 13.7. The Labute approximate surface area is 161 Å². The molecule has 150 valence electrons. The second-order valence-electron chi connectivity index (χ2n) is 10.7. The van der Waals surface area contributed by atoms with Gasteiger partial charge in [0, 0.05) is 0 Å². The second kappa shape index (κ2) is 7.47. The van der Waals surface area contributed by atoms with E-state index >= 15 is 0 Å². The predicted octanol–water partition coefficient (Wildman–Crippen LogP) is 6.62. The van der Waals surface area contributed by atoms with Crippen LogP contribution in [0.1, 0.15) is 99.3 Å². The maximum Gasteiger partial charge on any atom is 0.312 e. The zero-order chi connectivity index (χ0) is 19.1. The van der Waals surface area contributed by atoms with E-state index in [0.717, 1.165) is 36.5 Å². The van der Waals surface area contributed by atoms with Crippen molar-refractivity contribution in [1.82, 2.24) is 0 Å². The molecule has 0 aromatic heterocycles. The minimum Gasteiger partial charge on any atom is -0.462 e. The van der Waals surface area contributed by atoms with Crippen molar-refractivity contribution in [2.45, 2.75) is 105 Å². The maximum atomic E-state index is 13.2. The number of carbonyl (C=O) groups excluding carboxylic acids is 1. The zero-order valence-electron chi connectivity index (χ0n) is 18.1. The third-order valence-electron chi connectivity index (χ3n) is 8.97. The lowest BCUT2D eigenvalue weighted by Gasteiger charge is -2.61. The van der Waals surface area contributed by atoms with Crippen LogP contribution in [0, 0.1) is 40.4 Å². The van der Waals surface area contributed by atoms with Crippen LogP contribution in [0.15, 0.2) is 0 Å². The Bertz CT molecular complexity index is 512. The first-order valence-corrected chi connectivity index (χ1v) is 11.4. The SMILES string of the molecule is CCC(C)OC(=O)[C@@]1(C)CCC[C@@]2(C)C1CCC1CC(C(C)C)CC[C@H]12. The number of hydrogen-bond donors (Lipinski definition) is 0. The molecule has 0 N–H and O–H groups in total. The van der Waals surface area contributed by atoms with Gasteiger partial charge in [-0.2, -0.15) is 0 Å². The Morgan fingerprint density at radius 2 is 1.81 bits per heavy atom. The minimum atomic E-state index is -0.268. The van der Waals surface area contributed by atoms with Crippen LogP contribution in [0.3, 0.4) is 0 Å². The summed E-state index contributed by atoms with van der Waals surface area (Å²) in [5.41, 5.74) is 0.0721. The Balaban J connectivity index is 1.81. The van der Waals surface area contributed by atoms with E-state index in [0.29, 0.717) is 11.3 Å². The number of hydrogen-bond acceptors (Lipinski definition) is 2. The van der Waals surface area contributed by atoms with Gasteiger partial charge in [-0.05, 0) is 100 Å². The van der Waals surface area contributed by atoms with Crippen molar-refractivity contribution in [3.05, 3.63) is 0 Å². The minimum absolute atomic E-state index is 0.0466. The zero-order valence-corrected chi connectivity index (χ0v) is 18.1. The lowest BCUT2D eigenvalue weighted by molar-refractivity contribution is -0.183. The van der Waals surface area contributed by atoms with E-state index < -0.39 is 0 Å². The maximum absolute atomic E-state index is 13.2. The molecule has 3 aliphatic carbocycles. The van der Waals surface area contributed by atoms with Crippen molar-refractivity contribution in [2.24, 2.45) is 40.4 Å². The topological polar surface area (TPSA) is 26.3 Å². The van der Waals surface area contributed by atoms with Crippen molar-refractivity contribution >= 4 is 5.97 Å². The van der Waals surface area contributed by atoms with Gasteiger partial charge < -0.3 is 4.74 Å². The Hall–Kier alpha value is -0.530. The molecule has 0 radical (unpaired) electrons. The third kappa shape index (κ3) is 3.35. The quantitative estimate of drug-likeness (QED) is 0.525. The Kier molecular flexibility index (Phi) is 5.81. The average Bonchev–Trinajstić information content (AvgIpc) is 2.60. The molecule has 26 heavy (non-hydrogen) atoms. The van der Waals surface area contributed by atoms with Crippen LogP contribution in [0.2, 0.25) is 0 Å². The molecular formula is C24H42O2. The first-order valence-electron chi connectivity index (χ1n) is 11.4. The highest BCUT2D eigenvalue weighted by molar-refractivity contribution is 5.77. The highest BCUT2D eigenvalue weighted by Crippen LogP contribution is 2.64. The van der Waals surface area contributed by atoms with Crippen molar-refractivity contribution in [1.29, 1.82) is 0 Å². The molecule has 0 heterocycles. The van der Waals surface area contributed by atoms with Gasteiger partial charge in [-0.1, -0.05) is 34.1 Å². The van der Waals surface area contributed by atoms with Crippen LogP contribution in [0.4, 0.5) is 0 Å². The molecule has 0 saturated heterocycles. The number of ether oxygens (including phenoxy) is 1. The second-order valence-corrected chi connectivity index (χ2v) is 10.7. The smallest absolute Gasteiger partial charge is 0.312 e. The molecule has 2 nitrogen and oxygen atoms in total. The van der Waals surface area contributed by atoms with Gasteiger partial charge in [0.1, 0.15) is 0 Å². The molecular weight excluding hydrogens is 320 g/mol. The number of fused-ring (bicyclic) bond motifs is 3. The Morgan fingerprint density at radius 1 is 1.08 bits per heavy atom. The molecule has 0 spiro atoms. The molecule has 7 atom stereocenters. The average molecular weight is 363 g/mol. The summed E-state index contributed by atoms with van der Waals surface area (Å²) in [5, 5.41) is 0. The van der Waals surface area contributed by atoms with E-state index in [1.54, 1.807) is 0 Å². The summed E-state index contributed by atoms with van der Waals surface area (Å²) in [4.78, 5) is 13.2. The van der Waals surface area contributed by atoms with Crippen molar-refractivity contribution in [3.63, 3.8) is 0 Å². The van der Waals surface area contributed by atoms with Crippen LogP contribution in [-0.4, -0.2) is 12.1 Å². The van der Waals surface area contributed by atoms with Gasteiger partial charge in [0.2, 0.25) is 0 Å². The molecule has 0 amide bonds. The molecule has 0 aromatic carbocycles. The fourth-order valence-electron chi connectivity index (χ4n) is 7.12. The van der Waals surface area contributed by atoms with Gasteiger partial charge in [-0.3, -0.25) is 4.79 Å². The van der Waals surface area contributed by atoms with Gasteiger partial charge >= 0.3 is 5.97 Å². The Morgan fingerprint density at radius 3 is 2.46 bits per heavy atom. The predicted molar refractivity (Wildman–Crippen MR) is 108 cm³/mol. The lowest BCUT2D eigenvalue weighted by Crippen LogP contribution is -2.56. The number of esters is 1. The van der Waals surface area contributed by atoms with E-state index in [2.05, 4.69) is 34.6 Å². The van der Waals surface area contributed by atoms with Crippen LogP contribution in [0.25, 0.3) is 0 Å². The summed E-state index contributed by atoms with van der Waals surface area (Å²) in [5.74, 6) is 4.07. The van der Waals surface area contributed by atoms with Crippen LogP contribution >= 0.6 is 0 Å². The molecule has 0 aliphatic heterocycles. The van der Waals surface area contributed by atoms with Crippen molar-refractivity contribution < 1.29 is 9.53 Å². The summed E-state index contributed by atoms with van der Waals surface area (Å²) in [6.07, 6.45) is 11.3. The highest BCUT2D eigenvalue weighted by Gasteiger charge is 2.59. The van der Waals surface area contributed by atoms with E-state index in [1.807, 2.05) is 6.92 Å². The fraction of sp³-hybridized carbons (Fsp3) is 0.958. The molecule has 3 rings (SSSR count). The van der Waals surface area contributed by atoms with E-state index in [9.17, 15) is 4.79 Å². The van der Waals surface area contributed by atoms with Crippen LogP contribution in [-0.2, 0) is 9.53 Å². The summed E-state index contributed by atoms with van der Waals surface area (Å²) in [7, 11) is 0. The molecule has 0 bridgehead atoms. The lowest BCUT2D eigenvalue weighted by atomic mass is 9.43. The largest absolute Gasteiger partial charge is 0.462 e. The van der Waals surface area contributed by atoms with Gasteiger partial charge in [0.25, 0.3) is 0 Å². The molecule has 0 aromatic rings. The first kappa shape index (κ1) is 20.2. The van der Waals surface area contributed by atoms with Gasteiger partial charge in [-0.15, -0.1) is 0 Å². The molecule has 2 heteroatoms. The third-order valence-corrected chi connectivity index (χ3v) is 8.97. The number of carbonyl (C=O) groups is 1.